The summed E-state index contributed by atoms with van der Waals surface area (Å²) in [6.07, 6.45) is 4.57. The molecular formula is C16H29N3O3. The van der Waals surface area contributed by atoms with Crippen molar-refractivity contribution in [3.8, 4) is 5.75 Å². The third kappa shape index (κ3) is 7.04. The number of hydrogen-bond acceptors (Lipinski definition) is 6. The number of hydrogen-bond donors (Lipinski definition) is 2. The number of rotatable bonds is 11. The van der Waals surface area contributed by atoms with Crippen LogP contribution in [-0.4, -0.2) is 47.0 Å². The maximum atomic E-state index is 9.17. The summed E-state index contributed by atoms with van der Waals surface area (Å²) in [5.74, 6) is 1.99. The van der Waals surface area contributed by atoms with E-state index in [4.69, 9.17) is 14.6 Å². The number of aliphatic hydroxyl groups is 1. The largest absolute Gasteiger partial charge is 0.486 e. The van der Waals surface area contributed by atoms with E-state index < -0.39 is 0 Å². The first-order valence-electron chi connectivity index (χ1n) is 8.02. The number of nitrogens with zero attached hydrogens (tertiary/aromatic N) is 2. The first-order chi connectivity index (χ1) is 10.6. The third-order valence-electron chi connectivity index (χ3n) is 3.12. The Morgan fingerprint density at radius 2 is 2.05 bits per heavy atom. The fourth-order valence-corrected chi connectivity index (χ4v) is 2.09. The average molecular weight is 311 g/mol. The van der Waals surface area contributed by atoms with Crippen molar-refractivity contribution in [2.75, 3.05) is 25.1 Å². The minimum absolute atomic E-state index is 0.153. The van der Waals surface area contributed by atoms with E-state index in [0.29, 0.717) is 37.0 Å². The summed E-state index contributed by atoms with van der Waals surface area (Å²) >= 11 is 0. The number of ether oxygens (including phenoxy) is 2. The minimum atomic E-state index is 0.153. The van der Waals surface area contributed by atoms with E-state index in [1.165, 1.54) is 0 Å². The topological polar surface area (TPSA) is 76.5 Å². The van der Waals surface area contributed by atoms with E-state index >= 15 is 0 Å². The Kier molecular flexibility index (Phi) is 8.77. The second kappa shape index (κ2) is 10.3. The maximum absolute atomic E-state index is 9.17. The molecule has 0 spiro atoms. The van der Waals surface area contributed by atoms with Crippen LogP contribution < -0.4 is 10.1 Å². The number of aromatic nitrogens is 2. The van der Waals surface area contributed by atoms with E-state index in [0.717, 1.165) is 12.8 Å². The molecule has 126 valence electrons. The smallest absolute Gasteiger partial charge is 0.179 e. The lowest BCUT2D eigenvalue weighted by molar-refractivity contribution is 0.0552. The van der Waals surface area contributed by atoms with Crippen molar-refractivity contribution in [3.63, 3.8) is 0 Å². The fraction of sp³-hybridized carbons (Fsp3) is 0.750. The molecule has 22 heavy (non-hydrogen) atoms. The molecule has 1 unspecified atom stereocenters. The molecule has 0 fully saturated rings. The van der Waals surface area contributed by atoms with Crippen molar-refractivity contribution in [1.29, 1.82) is 0 Å². The molecule has 6 heteroatoms. The van der Waals surface area contributed by atoms with Crippen molar-refractivity contribution in [2.45, 2.75) is 59.1 Å². The van der Waals surface area contributed by atoms with Crippen LogP contribution in [0.5, 0.6) is 5.75 Å². The monoisotopic (exact) mass is 311 g/mol. The van der Waals surface area contributed by atoms with Gasteiger partial charge in [0.15, 0.2) is 11.6 Å². The van der Waals surface area contributed by atoms with Crippen molar-refractivity contribution in [2.24, 2.45) is 0 Å². The molecule has 0 radical (unpaired) electrons. The zero-order valence-corrected chi connectivity index (χ0v) is 14.1. The van der Waals surface area contributed by atoms with Gasteiger partial charge < -0.3 is 19.9 Å². The van der Waals surface area contributed by atoms with Gasteiger partial charge in [-0.25, -0.2) is 9.97 Å². The molecule has 0 aliphatic rings. The van der Waals surface area contributed by atoms with E-state index in [2.05, 4.69) is 22.2 Å². The van der Waals surface area contributed by atoms with E-state index in [1.54, 1.807) is 6.20 Å². The molecule has 0 aromatic carbocycles. The van der Waals surface area contributed by atoms with Gasteiger partial charge in [0.2, 0.25) is 0 Å². The van der Waals surface area contributed by atoms with Gasteiger partial charge >= 0.3 is 0 Å². The van der Waals surface area contributed by atoms with Gasteiger partial charge in [-0.15, -0.1) is 0 Å². The summed E-state index contributed by atoms with van der Waals surface area (Å²) in [5, 5.41) is 12.5. The molecule has 0 saturated carbocycles. The highest BCUT2D eigenvalue weighted by molar-refractivity contribution is 5.49. The van der Waals surface area contributed by atoms with Crippen LogP contribution in [0.25, 0.3) is 0 Å². The minimum Gasteiger partial charge on any atom is -0.486 e. The Bertz CT molecular complexity index is 421. The van der Waals surface area contributed by atoms with Crippen LogP contribution in [0.15, 0.2) is 6.20 Å². The van der Waals surface area contributed by atoms with E-state index in [-0.39, 0.29) is 18.8 Å². The van der Waals surface area contributed by atoms with Crippen molar-refractivity contribution in [3.05, 3.63) is 12.0 Å². The molecule has 1 rings (SSSR count). The van der Waals surface area contributed by atoms with Crippen molar-refractivity contribution in [1.82, 2.24) is 9.97 Å². The molecule has 0 aliphatic heterocycles. The number of aliphatic hydroxyl groups excluding tert-OH is 1. The predicted octanol–water partition coefficient (Wildman–Crippen LogP) is 2.55. The zero-order chi connectivity index (χ0) is 16.4. The Labute approximate surface area is 133 Å². The quantitative estimate of drug-likeness (QED) is 0.612. The summed E-state index contributed by atoms with van der Waals surface area (Å²) in [5.41, 5.74) is 0. The normalized spacial score (nSPS) is 12.5. The zero-order valence-electron chi connectivity index (χ0n) is 14.1. The first-order valence-corrected chi connectivity index (χ1v) is 8.02. The average Bonchev–Trinajstić information content (AvgIpc) is 2.45. The van der Waals surface area contributed by atoms with Crippen LogP contribution in [-0.2, 0) is 4.74 Å². The van der Waals surface area contributed by atoms with Crippen LogP contribution >= 0.6 is 0 Å². The van der Waals surface area contributed by atoms with Gasteiger partial charge in [0.05, 0.1) is 18.9 Å². The lowest BCUT2D eigenvalue weighted by Gasteiger charge is -2.20. The van der Waals surface area contributed by atoms with Crippen LogP contribution in [0.3, 0.4) is 0 Å². The fourth-order valence-electron chi connectivity index (χ4n) is 2.09. The Hall–Kier alpha value is -1.40. The number of aryl methyl sites for hydroxylation is 1. The highest BCUT2D eigenvalue weighted by atomic mass is 16.5. The second-order valence-electron chi connectivity index (χ2n) is 5.54. The van der Waals surface area contributed by atoms with Gasteiger partial charge in [-0.1, -0.05) is 13.3 Å². The maximum Gasteiger partial charge on any atom is 0.179 e. The lowest BCUT2D eigenvalue weighted by Crippen LogP contribution is -2.22. The van der Waals surface area contributed by atoms with Crippen LogP contribution in [0, 0.1) is 6.92 Å². The van der Waals surface area contributed by atoms with Gasteiger partial charge in [-0.05, 0) is 33.6 Å². The summed E-state index contributed by atoms with van der Waals surface area (Å²) < 4.78 is 11.2. The molecule has 0 aliphatic carbocycles. The Morgan fingerprint density at radius 1 is 1.27 bits per heavy atom. The van der Waals surface area contributed by atoms with Gasteiger partial charge in [-0.2, -0.15) is 0 Å². The molecule has 1 aromatic heterocycles. The Morgan fingerprint density at radius 3 is 2.68 bits per heavy atom. The molecule has 1 heterocycles. The van der Waals surface area contributed by atoms with E-state index in [1.807, 2.05) is 20.8 Å². The van der Waals surface area contributed by atoms with Crippen LogP contribution in [0.4, 0.5) is 5.82 Å². The molecule has 2 N–H and O–H groups in total. The van der Waals surface area contributed by atoms with Crippen LogP contribution in [0.2, 0.25) is 0 Å². The van der Waals surface area contributed by atoms with Crippen molar-refractivity contribution < 1.29 is 14.6 Å². The standard InChI is InChI=1S/C16H29N3O3/c1-5-6-14(7-8-20)19-16-15(11-17-13(4)18-16)22-10-9-21-12(2)3/h11-12,14,20H,5-10H2,1-4H3,(H,17,18,19). The highest BCUT2D eigenvalue weighted by Crippen LogP contribution is 2.23. The lowest BCUT2D eigenvalue weighted by atomic mass is 10.1. The van der Waals surface area contributed by atoms with Gasteiger partial charge in [0.1, 0.15) is 12.4 Å². The third-order valence-corrected chi connectivity index (χ3v) is 3.12. The molecule has 1 atom stereocenters. The number of anilines is 1. The highest BCUT2D eigenvalue weighted by Gasteiger charge is 2.13. The van der Waals surface area contributed by atoms with E-state index in [9.17, 15) is 0 Å². The van der Waals surface area contributed by atoms with Crippen molar-refractivity contribution >= 4 is 5.82 Å². The molecule has 1 aromatic rings. The summed E-state index contributed by atoms with van der Waals surface area (Å²) in [6.45, 7) is 9.09. The molecule has 0 amide bonds. The molecule has 0 bridgehead atoms. The molecule has 0 saturated heterocycles. The Balaban J connectivity index is 2.68. The van der Waals surface area contributed by atoms with Gasteiger partial charge in [-0.3, -0.25) is 0 Å². The van der Waals surface area contributed by atoms with Gasteiger partial charge in [0.25, 0.3) is 0 Å². The summed E-state index contributed by atoms with van der Waals surface area (Å²) in [4.78, 5) is 8.61. The van der Waals surface area contributed by atoms with Gasteiger partial charge in [0, 0.05) is 12.6 Å². The summed E-state index contributed by atoms with van der Waals surface area (Å²) in [6, 6.07) is 0.179. The van der Waals surface area contributed by atoms with Crippen LogP contribution in [0.1, 0.15) is 45.9 Å². The SMILES string of the molecule is CCCC(CCO)Nc1nc(C)ncc1OCCOC(C)C. The second-order valence-corrected chi connectivity index (χ2v) is 5.54. The molecular weight excluding hydrogens is 282 g/mol. The molecule has 6 nitrogen and oxygen atoms in total. The summed E-state index contributed by atoms with van der Waals surface area (Å²) in [7, 11) is 0. The number of nitrogens with one attached hydrogen (secondary N) is 1. The predicted molar refractivity (Wildman–Crippen MR) is 87.4 cm³/mol. The first kappa shape index (κ1) is 18.6.